The summed E-state index contributed by atoms with van der Waals surface area (Å²) in [5, 5.41) is 24.1. The zero-order valence-corrected chi connectivity index (χ0v) is 14.2. The number of halogens is 1. The van der Waals surface area contributed by atoms with E-state index in [4.69, 9.17) is 0 Å². The van der Waals surface area contributed by atoms with Gasteiger partial charge >= 0.3 is 0 Å². The van der Waals surface area contributed by atoms with E-state index in [2.05, 4.69) is 34.3 Å². The van der Waals surface area contributed by atoms with Gasteiger partial charge in [0.1, 0.15) is 12.7 Å². The van der Waals surface area contributed by atoms with Gasteiger partial charge in [0, 0.05) is 26.1 Å². The van der Waals surface area contributed by atoms with Gasteiger partial charge in [0.25, 0.3) is 0 Å². The standard InChI is InChI=1S/C15H23N3O2P.ClH/c19-8-4-10-21(11-5-9-20,14-18-13-16-12-17-18)15-6-2-1-3-7-15;/h1-3,6-7,12-13,19-20H,4-5,8-11,14H2;1H/q+1;/p-1. The minimum Gasteiger partial charge on any atom is -1.00 e. The third-order valence-electron chi connectivity index (χ3n) is 3.67. The smallest absolute Gasteiger partial charge is 0.156 e. The fourth-order valence-corrected chi connectivity index (χ4v) is 6.85. The molecule has 0 spiro atoms. The summed E-state index contributed by atoms with van der Waals surface area (Å²) in [7, 11) is -1.53. The SMILES string of the molecule is OCCC[P+](CCCO)(Cn1cncn1)c1ccccc1.[Cl-]. The average Bonchev–Trinajstić information content (AvgIpc) is 3.04. The molecule has 0 aliphatic carbocycles. The van der Waals surface area contributed by atoms with Gasteiger partial charge in [-0.15, -0.1) is 0 Å². The molecular formula is C15H23ClN3O2P. The summed E-state index contributed by atoms with van der Waals surface area (Å²) in [6.45, 7) is 0.399. The van der Waals surface area contributed by atoms with Crippen LogP contribution in [0.3, 0.4) is 0 Å². The number of aromatic nitrogens is 3. The van der Waals surface area contributed by atoms with Gasteiger partial charge in [-0.3, -0.25) is 0 Å². The molecule has 0 saturated heterocycles. The van der Waals surface area contributed by atoms with Crippen LogP contribution >= 0.6 is 7.26 Å². The predicted molar refractivity (Wildman–Crippen MR) is 86.2 cm³/mol. The lowest BCUT2D eigenvalue weighted by molar-refractivity contribution is -0.00000665. The molecule has 1 aromatic heterocycles. The second kappa shape index (κ2) is 9.90. The molecule has 1 heterocycles. The van der Waals surface area contributed by atoms with Crippen molar-refractivity contribution < 1.29 is 22.6 Å². The zero-order chi connectivity index (χ0) is 15.0. The van der Waals surface area contributed by atoms with Gasteiger partial charge in [0.2, 0.25) is 0 Å². The van der Waals surface area contributed by atoms with Crippen LogP contribution in [0, 0.1) is 0 Å². The Hall–Kier alpha value is -1.00. The van der Waals surface area contributed by atoms with Crippen molar-refractivity contribution in [2.45, 2.75) is 19.1 Å². The van der Waals surface area contributed by atoms with Crippen LogP contribution in [0.1, 0.15) is 12.8 Å². The number of aliphatic hydroxyl groups is 2. The summed E-state index contributed by atoms with van der Waals surface area (Å²) in [6, 6.07) is 10.5. The van der Waals surface area contributed by atoms with Crippen LogP contribution in [-0.2, 0) is 6.29 Å². The molecule has 5 nitrogen and oxygen atoms in total. The van der Waals surface area contributed by atoms with E-state index in [1.807, 2.05) is 10.7 Å². The van der Waals surface area contributed by atoms with Crippen LogP contribution in [0.2, 0.25) is 0 Å². The topological polar surface area (TPSA) is 71.2 Å². The fraction of sp³-hybridized carbons (Fsp3) is 0.467. The number of benzene rings is 1. The van der Waals surface area contributed by atoms with Crippen molar-refractivity contribution >= 4 is 12.6 Å². The van der Waals surface area contributed by atoms with E-state index < -0.39 is 7.26 Å². The molecule has 0 bridgehead atoms. The number of rotatable bonds is 9. The van der Waals surface area contributed by atoms with Crippen molar-refractivity contribution in [1.29, 1.82) is 0 Å². The number of nitrogens with zero attached hydrogens (tertiary/aromatic N) is 3. The summed E-state index contributed by atoms with van der Waals surface area (Å²) in [5.74, 6) is 0. The first-order valence-electron chi connectivity index (χ1n) is 7.26. The van der Waals surface area contributed by atoms with E-state index in [0.717, 1.165) is 31.5 Å². The van der Waals surface area contributed by atoms with Gasteiger partial charge in [-0.25, -0.2) is 9.67 Å². The Morgan fingerprint density at radius 2 is 1.64 bits per heavy atom. The summed E-state index contributed by atoms with van der Waals surface area (Å²) < 4.78 is 1.88. The Morgan fingerprint density at radius 3 is 2.14 bits per heavy atom. The molecule has 0 saturated carbocycles. The molecule has 122 valence electrons. The van der Waals surface area contributed by atoms with Crippen LogP contribution < -0.4 is 17.7 Å². The minimum absolute atomic E-state index is 0. The van der Waals surface area contributed by atoms with Gasteiger partial charge in [0.05, 0.1) is 24.9 Å². The molecule has 0 unspecified atom stereocenters. The molecule has 7 heteroatoms. The van der Waals surface area contributed by atoms with E-state index in [9.17, 15) is 10.2 Å². The van der Waals surface area contributed by atoms with Crippen LogP contribution in [0.25, 0.3) is 0 Å². The number of hydrogen-bond acceptors (Lipinski definition) is 4. The molecule has 22 heavy (non-hydrogen) atoms. The molecular weight excluding hydrogens is 321 g/mol. The van der Waals surface area contributed by atoms with E-state index in [0.29, 0.717) is 0 Å². The van der Waals surface area contributed by atoms with Gasteiger partial charge in [0.15, 0.2) is 6.29 Å². The van der Waals surface area contributed by atoms with Crippen LogP contribution in [-0.4, -0.2) is 50.5 Å². The van der Waals surface area contributed by atoms with E-state index in [1.165, 1.54) is 5.30 Å². The van der Waals surface area contributed by atoms with E-state index >= 15 is 0 Å². The Kier molecular flexibility index (Phi) is 8.57. The molecule has 0 fully saturated rings. The maximum Gasteiger partial charge on any atom is 0.156 e. The quantitative estimate of drug-likeness (QED) is 0.535. The highest BCUT2D eigenvalue weighted by Gasteiger charge is 2.39. The van der Waals surface area contributed by atoms with Crippen molar-refractivity contribution in [3.05, 3.63) is 43.0 Å². The van der Waals surface area contributed by atoms with Crippen molar-refractivity contribution in [2.24, 2.45) is 0 Å². The molecule has 0 radical (unpaired) electrons. The molecule has 2 N–H and O–H groups in total. The lowest BCUT2D eigenvalue weighted by atomic mass is 10.4. The van der Waals surface area contributed by atoms with Crippen LogP contribution in [0.15, 0.2) is 43.0 Å². The Bertz CT molecular complexity index is 503. The summed E-state index contributed by atoms with van der Waals surface area (Å²) in [4.78, 5) is 4.03. The monoisotopic (exact) mass is 343 g/mol. The molecule has 2 rings (SSSR count). The summed E-state index contributed by atoms with van der Waals surface area (Å²) in [6.07, 6.45) is 7.61. The summed E-state index contributed by atoms with van der Waals surface area (Å²) >= 11 is 0. The van der Waals surface area contributed by atoms with Gasteiger partial charge < -0.3 is 22.6 Å². The highest BCUT2D eigenvalue weighted by Crippen LogP contribution is 2.59. The molecule has 0 aliphatic rings. The van der Waals surface area contributed by atoms with Crippen molar-refractivity contribution in [1.82, 2.24) is 14.8 Å². The van der Waals surface area contributed by atoms with Crippen molar-refractivity contribution in [2.75, 3.05) is 25.5 Å². The van der Waals surface area contributed by atoms with E-state index in [-0.39, 0.29) is 25.6 Å². The van der Waals surface area contributed by atoms with E-state index in [1.54, 1.807) is 12.7 Å². The third kappa shape index (κ3) is 5.03. The number of hydrogen-bond donors (Lipinski definition) is 2. The first-order valence-corrected chi connectivity index (χ1v) is 9.61. The Labute approximate surface area is 138 Å². The van der Waals surface area contributed by atoms with Crippen molar-refractivity contribution in [3.8, 4) is 0 Å². The van der Waals surface area contributed by atoms with Gasteiger partial charge in [-0.05, 0) is 12.1 Å². The molecule has 2 aromatic rings. The van der Waals surface area contributed by atoms with Crippen molar-refractivity contribution in [3.63, 3.8) is 0 Å². The highest BCUT2D eigenvalue weighted by molar-refractivity contribution is 7.82. The molecule has 0 amide bonds. The first kappa shape index (κ1) is 19.0. The Morgan fingerprint density at radius 1 is 1.00 bits per heavy atom. The third-order valence-corrected chi connectivity index (χ3v) is 8.24. The average molecular weight is 344 g/mol. The zero-order valence-electron chi connectivity index (χ0n) is 12.6. The predicted octanol–water partition coefficient (Wildman–Crippen LogP) is -1.65. The van der Waals surface area contributed by atoms with Gasteiger partial charge in [-0.2, -0.15) is 5.10 Å². The first-order chi connectivity index (χ1) is 10.3. The van der Waals surface area contributed by atoms with Crippen LogP contribution in [0.5, 0.6) is 0 Å². The minimum atomic E-state index is -1.53. The highest BCUT2D eigenvalue weighted by atomic mass is 35.5. The van der Waals surface area contributed by atoms with Crippen LogP contribution in [0.4, 0.5) is 0 Å². The molecule has 0 atom stereocenters. The number of aliphatic hydroxyl groups excluding tert-OH is 2. The second-order valence-electron chi connectivity index (χ2n) is 5.16. The lowest BCUT2D eigenvalue weighted by Gasteiger charge is -2.27. The maximum atomic E-state index is 9.26. The molecule has 1 aromatic carbocycles. The Balaban J connectivity index is 0.00000242. The normalized spacial score (nSPS) is 11.2. The van der Waals surface area contributed by atoms with Gasteiger partial charge in [-0.1, -0.05) is 18.2 Å². The fourth-order valence-electron chi connectivity index (χ4n) is 2.67. The largest absolute Gasteiger partial charge is 1.00 e. The lowest BCUT2D eigenvalue weighted by Crippen LogP contribution is -3.00. The summed E-state index contributed by atoms with van der Waals surface area (Å²) in [5.41, 5.74) is 0. The maximum absolute atomic E-state index is 9.26. The second-order valence-corrected chi connectivity index (χ2v) is 9.14. The molecule has 0 aliphatic heterocycles.